The van der Waals surface area contributed by atoms with Gasteiger partial charge < -0.3 is 24.2 Å². The van der Waals surface area contributed by atoms with E-state index in [-0.39, 0.29) is 18.6 Å². The molecule has 1 N–H and O–H groups in total. The van der Waals surface area contributed by atoms with Gasteiger partial charge in [0, 0.05) is 18.7 Å². The number of carbonyl (C=O) groups is 3. The average molecular weight is 503 g/mol. The van der Waals surface area contributed by atoms with Crippen LogP contribution in [-0.4, -0.2) is 69.1 Å². The Kier molecular flexibility index (Phi) is 6.85. The Labute approximate surface area is 215 Å². The molecule has 2 saturated heterocycles. The maximum Gasteiger partial charge on any atom is 0.329 e. The van der Waals surface area contributed by atoms with E-state index in [1.807, 2.05) is 73.7 Å². The molecule has 2 aliphatic rings. The molecule has 2 bridgehead atoms. The van der Waals surface area contributed by atoms with Crippen LogP contribution in [0.3, 0.4) is 0 Å². The number of benzene rings is 2. The number of furan rings is 1. The van der Waals surface area contributed by atoms with E-state index in [2.05, 4.69) is 0 Å². The minimum Gasteiger partial charge on any atom is -0.480 e. The predicted octanol–water partition coefficient (Wildman–Crippen LogP) is 4.78. The van der Waals surface area contributed by atoms with Crippen LogP contribution in [0.4, 0.5) is 21.0 Å². The van der Waals surface area contributed by atoms with E-state index in [0.29, 0.717) is 37.3 Å². The van der Waals surface area contributed by atoms with E-state index < -0.39 is 24.1 Å². The summed E-state index contributed by atoms with van der Waals surface area (Å²) in [5.74, 6) is -1.12. The van der Waals surface area contributed by atoms with Crippen molar-refractivity contribution in [1.29, 1.82) is 0 Å². The lowest BCUT2D eigenvalue weighted by Gasteiger charge is -2.47. The standard InChI is InChI=1S/C28H30N4O5/c1-2-29(17-20-15-16-37-19-20)27(35)32-23-13-14-24(32)25(26(33)34)30(18-23)28(36)31(21-9-5-3-6-10-21)22-11-7-4-8-12-22/h3-12,15-16,19,23-25H,2,13-14,17-18H2,1H3,(H,33,34)/t23-,24+,25-/m0/s1. The number of para-hydroxylation sites is 2. The van der Waals surface area contributed by atoms with Crippen LogP contribution in [-0.2, 0) is 11.3 Å². The van der Waals surface area contributed by atoms with Gasteiger partial charge in [-0.25, -0.2) is 14.4 Å². The van der Waals surface area contributed by atoms with E-state index >= 15 is 0 Å². The summed E-state index contributed by atoms with van der Waals surface area (Å²) in [6.07, 6.45) is 4.33. The first kappa shape index (κ1) is 24.4. The smallest absolute Gasteiger partial charge is 0.329 e. The largest absolute Gasteiger partial charge is 0.480 e. The molecular weight excluding hydrogens is 472 g/mol. The van der Waals surface area contributed by atoms with Crippen LogP contribution in [0.15, 0.2) is 83.7 Å². The fraction of sp³-hybridized carbons (Fsp3) is 0.321. The van der Waals surface area contributed by atoms with Crippen LogP contribution >= 0.6 is 0 Å². The van der Waals surface area contributed by atoms with Crippen molar-refractivity contribution in [2.75, 3.05) is 18.0 Å². The quantitative estimate of drug-likeness (QED) is 0.523. The number of amides is 4. The zero-order valence-corrected chi connectivity index (χ0v) is 20.6. The maximum absolute atomic E-state index is 14.1. The molecule has 37 heavy (non-hydrogen) atoms. The number of carboxylic acids is 1. The lowest BCUT2D eigenvalue weighted by atomic mass is 10.0. The fourth-order valence-corrected chi connectivity index (χ4v) is 5.48. The number of hydrogen-bond acceptors (Lipinski definition) is 4. The number of aliphatic carboxylic acids is 1. The third-order valence-electron chi connectivity index (χ3n) is 7.20. The lowest BCUT2D eigenvalue weighted by molar-refractivity contribution is -0.145. The molecule has 2 aliphatic heterocycles. The zero-order chi connectivity index (χ0) is 25.9. The Balaban J connectivity index is 1.45. The summed E-state index contributed by atoms with van der Waals surface area (Å²) in [6.45, 7) is 2.89. The van der Waals surface area contributed by atoms with Gasteiger partial charge >= 0.3 is 18.0 Å². The monoisotopic (exact) mass is 502 g/mol. The third kappa shape index (κ3) is 4.64. The van der Waals surface area contributed by atoms with Gasteiger partial charge in [-0.15, -0.1) is 0 Å². The van der Waals surface area contributed by atoms with Crippen molar-refractivity contribution >= 4 is 29.4 Å². The average Bonchev–Trinajstić information content (AvgIpc) is 3.54. The van der Waals surface area contributed by atoms with Crippen molar-refractivity contribution in [1.82, 2.24) is 14.7 Å². The van der Waals surface area contributed by atoms with Crippen LogP contribution in [0.2, 0.25) is 0 Å². The number of urea groups is 2. The second kappa shape index (κ2) is 10.4. The van der Waals surface area contributed by atoms with Crippen molar-refractivity contribution in [3.63, 3.8) is 0 Å². The molecule has 9 heteroatoms. The van der Waals surface area contributed by atoms with Gasteiger partial charge in [0.25, 0.3) is 0 Å². The Morgan fingerprint density at radius 1 is 0.946 bits per heavy atom. The summed E-state index contributed by atoms with van der Waals surface area (Å²) in [6, 6.07) is 17.5. The predicted molar refractivity (Wildman–Crippen MR) is 137 cm³/mol. The summed E-state index contributed by atoms with van der Waals surface area (Å²) in [4.78, 5) is 46.7. The molecule has 0 spiro atoms. The first-order valence-electron chi connectivity index (χ1n) is 12.5. The van der Waals surface area contributed by atoms with Crippen molar-refractivity contribution < 1.29 is 23.9 Å². The van der Waals surface area contributed by atoms with E-state index in [1.165, 1.54) is 4.90 Å². The molecule has 2 fully saturated rings. The summed E-state index contributed by atoms with van der Waals surface area (Å²) in [5, 5.41) is 10.3. The number of hydrogen-bond donors (Lipinski definition) is 1. The van der Waals surface area contributed by atoms with Gasteiger partial charge in [-0.05, 0) is 50.1 Å². The molecule has 3 aromatic rings. The second-order valence-electron chi connectivity index (χ2n) is 9.36. The molecule has 0 radical (unpaired) electrons. The number of carboxylic acid groups (broad SMARTS) is 1. The fourth-order valence-electron chi connectivity index (χ4n) is 5.48. The molecule has 3 atom stereocenters. The molecule has 4 amide bonds. The number of nitrogens with zero attached hydrogens (tertiary/aromatic N) is 4. The number of rotatable bonds is 6. The van der Waals surface area contributed by atoms with E-state index in [0.717, 1.165) is 5.56 Å². The highest BCUT2D eigenvalue weighted by atomic mass is 16.4. The first-order valence-corrected chi connectivity index (χ1v) is 12.5. The van der Waals surface area contributed by atoms with Crippen molar-refractivity contribution in [3.05, 3.63) is 84.8 Å². The van der Waals surface area contributed by atoms with E-state index in [1.54, 1.807) is 27.2 Å². The van der Waals surface area contributed by atoms with Crippen LogP contribution in [0.1, 0.15) is 25.3 Å². The molecule has 192 valence electrons. The SMILES string of the molecule is CCN(Cc1ccoc1)C(=O)N1[C@H]2CC[C@@H]1[C@@H](C(=O)O)N(C(=O)N(c1ccccc1)c1ccccc1)C2. The first-order chi connectivity index (χ1) is 18.0. The number of piperazine rings is 1. The Morgan fingerprint density at radius 3 is 2.14 bits per heavy atom. The zero-order valence-electron chi connectivity index (χ0n) is 20.6. The third-order valence-corrected chi connectivity index (χ3v) is 7.20. The molecule has 1 aromatic heterocycles. The highest BCUT2D eigenvalue weighted by Gasteiger charge is 2.54. The van der Waals surface area contributed by atoms with E-state index in [9.17, 15) is 19.5 Å². The lowest BCUT2D eigenvalue weighted by Crippen LogP contribution is -2.67. The molecule has 2 aromatic carbocycles. The topological polar surface area (TPSA) is 97.5 Å². The molecular formula is C28H30N4O5. The molecule has 0 aliphatic carbocycles. The van der Waals surface area contributed by atoms with Crippen LogP contribution in [0, 0.1) is 0 Å². The number of likely N-dealkylation sites (tertiary alicyclic amines) is 1. The summed E-state index contributed by atoms with van der Waals surface area (Å²) >= 11 is 0. The molecule has 0 saturated carbocycles. The minimum absolute atomic E-state index is 0.150. The highest BCUT2D eigenvalue weighted by Crippen LogP contribution is 2.38. The van der Waals surface area contributed by atoms with Crippen LogP contribution in [0.5, 0.6) is 0 Å². The van der Waals surface area contributed by atoms with E-state index in [4.69, 9.17) is 4.42 Å². The van der Waals surface area contributed by atoms with Gasteiger partial charge in [-0.3, -0.25) is 4.90 Å². The Morgan fingerprint density at radius 2 is 1.59 bits per heavy atom. The summed E-state index contributed by atoms with van der Waals surface area (Å²) in [7, 11) is 0. The van der Waals surface area contributed by atoms with Gasteiger partial charge in [-0.1, -0.05) is 36.4 Å². The number of fused-ring (bicyclic) bond motifs is 2. The molecule has 3 heterocycles. The van der Waals surface area contributed by atoms with Crippen LogP contribution < -0.4 is 4.90 Å². The Hall–Kier alpha value is -4.27. The van der Waals surface area contributed by atoms with Crippen molar-refractivity contribution in [2.45, 2.75) is 44.4 Å². The van der Waals surface area contributed by atoms with Gasteiger partial charge in [-0.2, -0.15) is 0 Å². The van der Waals surface area contributed by atoms with Gasteiger partial charge in [0.1, 0.15) is 0 Å². The molecule has 5 rings (SSSR count). The normalized spacial score (nSPS) is 20.5. The second-order valence-corrected chi connectivity index (χ2v) is 9.36. The van der Waals surface area contributed by atoms with Crippen LogP contribution in [0.25, 0.3) is 0 Å². The Bertz CT molecular complexity index is 1190. The summed E-state index contributed by atoms with van der Waals surface area (Å²) in [5.41, 5.74) is 2.16. The summed E-state index contributed by atoms with van der Waals surface area (Å²) < 4.78 is 5.15. The van der Waals surface area contributed by atoms with Gasteiger partial charge in [0.2, 0.25) is 0 Å². The molecule has 9 nitrogen and oxygen atoms in total. The highest BCUT2D eigenvalue weighted by molar-refractivity contribution is 6.01. The maximum atomic E-state index is 14.1. The van der Waals surface area contributed by atoms with Gasteiger partial charge in [0.05, 0.1) is 42.5 Å². The number of anilines is 2. The van der Waals surface area contributed by atoms with Crippen molar-refractivity contribution in [3.8, 4) is 0 Å². The molecule has 0 unspecified atom stereocenters. The van der Waals surface area contributed by atoms with Crippen molar-refractivity contribution in [2.24, 2.45) is 0 Å². The number of carbonyl (C=O) groups excluding carboxylic acids is 2. The minimum atomic E-state index is -1.15. The van der Waals surface area contributed by atoms with Gasteiger partial charge in [0.15, 0.2) is 6.04 Å².